The molecule has 2 aliphatic rings. The first-order valence-corrected chi connectivity index (χ1v) is 14.4. The first kappa shape index (κ1) is 27.1. The molecule has 1 N–H and O–H groups in total. The lowest BCUT2D eigenvalue weighted by atomic mass is 10.1. The molecule has 210 valence electrons. The van der Waals surface area contributed by atoms with Crippen molar-refractivity contribution in [1.82, 2.24) is 14.9 Å². The van der Waals surface area contributed by atoms with Crippen molar-refractivity contribution in [2.45, 2.75) is 25.7 Å². The fourth-order valence-electron chi connectivity index (χ4n) is 5.33. The van der Waals surface area contributed by atoms with Gasteiger partial charge in [-0.2, -0.15) is 5.26 Å². The van der Waals surface area contributed by atoms with Crippen LogP contribution in [-0.4, -0.2) is 65.2 Å². The monoisotopic (exact) mass is 574 g/mol. The van der Waals surface area contributed by atoms with E-state index in [1.54, 1.807) is 12.1 Å². The maximum atomic E-state index is 15.8. The predicted molar refractivity (Wildman–Crippen MR) is 155 cm³/mol. The zero-order valence-corrected chi connectivity index (χ0v) is 23.3. The zero-order valence-electron chi connectivity index (χ0n) is 22.5. The second-order valence-corrected chi connectivity index (χ2v) is 11.3. The molecule has 0 atom stereocenters. The Morgan fingerprint density at radius 3 is 2.49 bits per heavy atom. The lowest BCUT2D eigenvalue weighted by molar-refractivity contribution is -0.138. The molecule has 8 nitrogen and oxygen atoms in total. The molecule has 1 saturated carbocycles. The van der Waals surface area contributed by atoms with Crippen LogP contribution in [0.5, 0.6) is 0 Å². The highest BCUT2D eigenvalue weighted by Crippen LogP contribution is 2.45. The second-order valence-electron chi connectivity index (χ2n) is 10.4. The Morgan fingerprint density at radius 1 is 1.12 bits per heavy atom. The first-order chi connectivity index (χ1) is 19.8. The van der Waals surface area contributed by atoms with Crippen LogP contribution in [0.25, 0.3) is 22.2 Å². The molecule has 2 fully saturated rings. The number of piperazine rings is 1. The van der Waals surface area contributed by atoms with Gasteiger partial charge >= 0.3 is 5.97 Å². The van der Waals surface area contributed by atoms with E-state index in [1.165, 1.54) is 29.5 Å². The fourth-order valence-corrected chi connectivity index (χ4v) is 6.30. The number of fused-ring (bicyclic) bond motifs is 1. The molecule has 1 aliphatic carbocycles. The van der Waals surface area contributed by atoms with E-state index in [-0.39, 0.29) is 12.4 Å². The number of halogens is 2. The van der Waals surface area contributed by atoms with Crippen molar-refractivity contribution in [3.63, 3.8) is 0 Å². The third-order valence-electron chi connectivity index (χ3n) is 7.61. The van der Waals surface area contributed by atoms with Gasteiger partial charge in [0.15, 0.2) is 10.9 Å². The van der Waals surface area contributed by atoms with Crippen LogP contribution in [0.1, 0.15) is 36.3 Å². The molecule has 3 heterocycles. The highest BCUT2D eigenvalue weighted by molar-refractivity contribution is 7.16. The van der Waals surface area contributed by atoms with Crippen LogP contribution in [0.15, 0.2) is 42.5 Å². The number of carbonyl (C=O) groups is 1. The van der Waals surface area contributed by atoms with E-state index in [2.05, 4.69) is 11.0 Å². The molecule has 11 heteroatoms. The predicted octanol–water partition coefficient (Wildman–Crippen LogP) is 5.75. The number of anilines is 3. The number of carboxylic acid groups (broad SMARTS) is 1. The van der Waals surface area contributed by atoms with Gasteiger partial charge in [-0.25, -0.2) is 18.7 Å². The second kappa shape index (κ2) is 11.0. The number of benzene rings is 2. The van der Waals surface area contributed by atoms with Crippen molar-refractivity contribution in [2.75, 3.05) is 49.1 Å². The van der Waals surface area contributed by atoms with Crippen molar-refractivity contribution in [3.05, 3.63) is 64.7 Å². The average Bonchev–Trinajstić information content (AvgIpc) is 3.73. The molecule has 6 rings (SSSR count). The molecule has 1 saturated heterocycles. The van der Waals surface area contributed by atoms with Crippen molar-refractivity contribution < 1.29 is 18.7 Å². The maximum Gasteiger partial charge on any atom is 0.317 e. The van der Waals surface area contributed by atoms with E-state index >= 15 is 4.39 Å². The maximum absolute atomic E-state index is 15.8. The minimum atomic E-state index is -0.860. The number of carboxylic acids is 1. The number of aromatic nitrogens is 2. The summed E-state index contributed by atoms with van der Waals surface area (Å²) in [5.41, 5.74) is 3.76. The first-order valence-electron chi connectivity index (χ1n) is 13.6. The fraction of sp³-hybridized carbons (Fsp3) is 0.333. The lowest BCUT2D eigenvalue weighted by Gasteiger charge is -2.35. The molecule has 0 bridgehead atoms. The minimum Gasteiger partial charge on any atom is -0.480 e. The van der Waals surface area contributed by atoms with Gasteiger partial charge in [0.05, 0.1) is 12.2 Å². The van der Waals surface area contributed by atoms with E-state index in [0.29, 0.717) is 76.5 Å². The molecule has 4 aromatic rings. The highest BCUT2D eigenvalue weighted by Gasteiger charge is 2.29. The van der Waals surface area contributed by atoms with E-state index in [0.717, 1.165) is 24.2 Å². The van der Waals surface area contributed by atoms with E-state index < -0.39 is 11.8 Å². The molecule has 0 spiro atoms. The molecule has 0 amide bonds. The minimum absolute atomic E-state index is 0.0121. The van der Waals surface area contributed by atoms with Crippen LogP contribution in [-0.2, 0) is 4.79 Å². The van der Waals surface area contributed by atoms with Gasteiger partial charge < -0.3 is 14.9 Å². The summed E-state index contributed by atoms with van der Waals surface area (Å²) < 4.78 is 29.3. The van der Waals surface area contributed by atoms with Crippen LogP contribution in [0, 0.1) is 23.0 Å². The molecular weight excluding hydrogens is 546 g/mol. The number of hydrogen-bond donors (Lipinski definition) is 1. The standard InChI is InChI=1S/C30H28F2N6O2S/c1-2-38(30-35-28(26(16-33)41-30)19-5-7-20(31)8-6-19)25-15-24(18-3-4-18)34-29-22(25)13-21(14-23(29)32)37-11-9-36(10-12-37)17-27(39)40/h5-8,13-15,18H,2-4,9-12,17H2,1H3,(H,39,40). The average molecular weight is 575 g/mol. The summed E-state index contributed by atoms with van der Waals surface area (Å²) in [4.78, 5) is 27.0. The summed E-state index contributed by atoms with van der Waals surface area (Å²) in [5.74, 6) is -1.34. The van der Waals surface area contributed by atoms with Crippen LogP contribution < -0.4 is 9.80 Å². The number of hydrogen-bond acceptors (Lipinski definition) is 8. The van der Waals surface area contributed by atoms with E-state index in [9.17, 15) is 14.4 Å². The highest BCUT2D eigenvalue weighted by atomic mass is 32.1. The topological polar surface area (TPSA) is 96.6 Å². The zero-order chi connectivity index (χ0) is 28.7. The Bertz CT molecular complexity index is 1660. The normalized spacial score (nSPS) is 15.7. The summed E-state index contributed by atoms with van der Waals surface area (Å²) in [7, 11) is 0. The van der Waals surface area contributed by atoms with E-state index in [1.807, 2.05) is 28.9 Å². The Balaban J connectivity index is 1.43. The van der Waals surface area contributed by atoms with Crippen molar-refractivity contribution in [1.29, 1.82) is 5.26 Å². The van der Waals surface area contributed by atoms with Crippen LogP contribution in [0.4, 0.5) is 25.3 Å². The van der Waals surface area contributed by atoms with E-state index in [4.69, 9.17) is 15.1 Å². The van der Waals surface area contributed by atoms with Gasteiger partial charge in [0.1, 0.15) is 28.0 Å². The summed E-state index contributed by atoms with van der Waals surface area (Å²) in [6.45, 7) is 4.79. The number of aliphatic carboxylic acids is 1. The summed E-state index contributed by atoms with van der Waals surface area (Å²) in [5, 5.41) is 20.2. The third-order valence-corrected chi connectivity index (χ3v) is 8.60. The quantitative estimate of drug-likeness (QED) is 0.284. The summed E-state index contributed by atoms with van der Waals surface area (Å²) in [6, 6.07) is 13.6. The molecule has 1 aliphatic heterocycles. The van der Waals surface area contributed by atoms with Gasteiger partial charge in [-0.15, -0.1) is 0 Å². The Kier molecular flexibility index (Phi) is 7.28. The summed E-state index contributed by atoms with van der Waals surface area (Å²) in [6.07, 6.45) is 2.02. The molecule has 0 radical (unpaired) electrons. The van der Waals surface area contributed by atoms with Gasteiger partial charge in [-0.05, 0) is 62.2 Å². The number of rotatable bonds is 8. The van der Waals surface area contributed by atoms with Gasteiger partial charge in [0.2, 0.25) is 0 Å². The van der Waals surface area contributed by atoms with Crippen molar-refractivity contribution in [2.24, 2.45) is 0 Å². The molecular formula is C30H28F2N6O2S. The number of thiazole rings is 1. The van der Waals surface area contributed by atoms with Gasteiger partial charge in [-0.3, -0.25) is 9.69 Å². The third kappa shape index (κ3) is 5.45. The smallest absolute Gasteiger partial charge is 0.317 e. The van der Waals surface area contributed by atoms with Gasteiger partial charge in [0, 0.05) is 61.0 Å². The molecule has 41 heavy (non-hydrogen) atoms. The van der Waals surface area contributed by atoms with Gasteiger partial charge in [0.25, 0.3) is 0 Å². The molecule has 0 unspecified atom stereocenters. The number of pyridine rings is 1. The van der Waals surface area contributed by atoms with Crippen LogP contribution in [0.3, 0.4) is 0 Å². The summed E-state index contributed by atoms with van der Waals surface area (Å²) >= 11 is 1.25. The Morgan fingerprint density at radius 2 is 1.85 bits per heavy atom. The number of nitrogens with zero attached hydrogens (tertiary/aromatic N) is 6. The lowest BCUT2D eigenvalue weighted by Crippen LogP contribution is -2.48. The Hall–Kier alpha value is -4.14. The largest absolute Gasteiger partial charge is 0.480 e. The molecule has 2 aromatic carbocycles. The van der Waals surface area contributed by atoms with Gasteiger partial charge in [-0.1, -0.05) is 11.3 Å². The van der Waals surface area contributed by atoms with Crippen molar-refractivity contribution in [3.8, 4) is 17.3 Å². The molecule has 2 aromatic heterocycles. The SMILES string of the molecule is CCN(c1nc(-c2ccc(F)cc2)c(C#N)s1)c1cc(C2CC2)nc2c(F)cc(N3CCN(CC(=O)O)CC3)cc12. The Labute approximate surface area is 240 Å². The van der Waals surface area contributed by atoms with Crippen molar-refractivity contribution >= 4 is 44.7 Å². The van der Waals surface area contributed by atoms with Crippen LogP contribution in [0.2, 0.25) is 0 Å². The van der Waals surface area contributed by atoms with Crippen LogP contribution >= 0.6 is 11.3 Å². The number of nitriles is 1.